The third kappa shape index (κ3) is 5.15. The Bertz CT molecular complexity index is 2690. The lowest BCUT2D eigenvalue weighted by atomic mass is 9.34. The zero-order valence-electron chi connectivity index (χ0n) is 31.5. The molecule has 1 atom stereocenters. The first-order valence-corrected chi connectivity index (χ1v) is 19.5. The Labute approximate surface area is 328 Å². The van der Waals surface area contributed by atoms with Crippen molar-refractivity contribution in [2.24, 2.45) is 0 Å². The molecule has 0 amide bonds. The van der Waals surface area contributed by atoms with Crippen LogP contribution in [0, 0.1) is 13.8 Å². The maximum Gasteiger partial charge on any atom is 0.260 e. The van der Waals surface area contributed by atoms with Crippen LogP contribution in [0.25, 0.3) is 22.3 Å². The van der Waals surface area contributed by atoms with Crippen LogP contribution in [0.15, 0.2) is 175 Å². The van der Waals surface area contributed by atoms with Gasteiger partial charge in [-0.3, -0.25) is 0 Å². The van der Waals surface area contributed by atoms with Gasteiger partial charge in [-0.1, -0.05) is 121 Å². The van der Waals surface area contributed by atoms with Crippen LogP contribution in [0.3, 0.4) is 0 Å². The van der Waals surface area contributed by atoms with E-state index in [1.54, 1.807) is 0 Å². The number of para-hydroxylation sites is 1. The second kappa shape index (κ2) is 12.7. The number of anilines is 2. The molecule has 3 heterocycles. The van der Waals surface area contributed by atoms with Crippen LogP contribution in [0.2, 0.25) is 0 Å². The number of hydrogen-bond acceptors (Lipinski definition) is 4. The Kier molecular flexibility index (Phi) is 7.40. The minimum absolute atomic E-state index is 0.0688. The predicted molar refractivity (Wildman–Crippen MR) is 228 cm³/mol. The van der Waals surface area contributed by atoms with Crippen molar-refractivity contribution < 1.29 is 14.2 Å². The average Bonchev–Trinajstić information content (AvgIpc) is 3.61. The largest absolute Gasteiger partial charge is 0.459 e. The van der Waals surface area contributed by atoms with E-state index in [1.165, 1.54) is 16.7 Å². The minimum atomic E-state index is -0.0688. The van der Waals surface area contributed by atoms with Gasteiger partial charge in [-0.15, -0.1) is 0 Å². The number of rotatable bonds is 5. The van der Waals surface area contributed by atoms with E-state index in [4.69, 9.17) is 14.2 Å². The number of aryl methyl sites for hydroxylation is 2. The second-order valence-electron chi connectivity index (χ2n) is 15.4. The first-order chi connectivity index (χ1) is 27.5. The monoisotopic (exact) mass is 723 g/mol. The van der Waals surface area contributed by atoms with Crippen molar-refractivity contribution in [3.05, 3.63) is 191 Å². The molecule has 0 saturated heterocycles. The summed E-state index contributed by atoms with van der Waals surface area (Å²) in [6.07, 6.45) is 3.26. The number of fused-ring (bicyclic) bond motifs is 7. The predicted octanol–water partition coefficient (Wildman–Crippen LogP) is 11.2. The van der Waals surface area contributed by atoms with Crippen LogP contribution < -0.4 is 35.5 Å². The molecule has 3 aliphatic heterocycles. The molecule has 56 heavy (non-hydrogen) atoms. The van der Waals surface area contributed by atoms with Gasteiger partial charge in [0.2, 0.25) is 0 Å². The maximum atomic E-state index is 7.06. The fourth-order valence-corrected chi connectivity index (χ4v) is 9.09. The topological polar surface area (TPSA) is 30.9 Å². The molecular weight excluding hydrogens is 685 g/mol. The summed E-state index contributed by atoms with van der Waals surface area (Å²) >= 11 is 0. The highest BCUT2D eigenvalue weighted by Crippen LogP contribution is 2.51. The van der Waals surface area contributed by atoms with Gasteiger partial charge in [0.25, 0.3) is 6.71 Å². The van der Waals surface area contributed by atoms with Crippen molar-refractivity contribution in [2.75, 3.05) is 4.90 Å². The number of nitrogens with zero attached hydrogens (tertiary/aromatic N) is 1. The van der Waals surface area contributed by atoms with E-state index >= 15 is 0 Å². The highest BCUT2D eigenvalue weighted by atomic mass is 16.5. The van der Waals surface area contributed by atoms with E-state index in [1.807, 2.05) is 0 Å². The summed E-state index contributed by atoms with van der Waals surface area (Å²) in [6, 6.07) is 53.9. The number of benzene rings is 7. The lowest BCUT2D eigenvalue weighted by Gasteiger charge is -2.37. The number of allylic oxidation sites excluding steroid dienone is 3. The van der Waals surface area contributed by atoms with Gasteiger partial charge in [0.05, 0.1) is 17.3 Å². The zero-order valence-corrected chi connectivity index (χ0v) is 31.5. The average molecular weight is 724 g/mol. The molecule has 1 unspecified atom stereocenters. The third-order valence-corrected chi connectivity index (χ3v) is 11.9. The van der Waals surface area contributed by atoms with Crippen LogP contribution in [0.4, 0.5) is 11.4 Å². The molecule has 4 nitrogen and oxygen atoms in total. The molecule has 0 spiro atoms. The van der Waals surface area contributed by atoms with Gasteiger partial charge in [-0.05, 0) is 101 Å². The summed E-state index contributed by atoms with van der Waals surface area (Å²) in [5.41, 5.74) is 15.7. The van der Waals surface area contributed by atoms with Crippen LogP contribution in [-0.4, -0.2) is 6.71 Å². The lowest BCUT2D eigenvalue weighted by molar-refractivity contribution is 0.416. The van der Waals surface area contributed by atoms with E-state index in [2.05, 4.69) is 183 Å². The van der Waals surface area contributed by atoms with Gasteiger partial charge >= 0.3 is 0 Å². The van der Waals surface area contributed by atoms with Crippen LogP contribution in [-0.2, 0) is 0 Å². The van der Waals surface area contributed by atoms with Crippen molar-refractivity contribution in [3.63, 3.8) is 0 Å². The normalized spacial score (nSPS) is 15.6. The second-order valence-corrected chi connectivity index (χ2v) is 15.4. The fourth-order valence-electron chi connectivity index (χ4n) is 9.09. The van der Waals surface area contributed by atoms with Crippen molar-refractivity contribution in [1.82, 2.24) is 0 Å². The minimum Gasteiger partial charge on any atom is -0.459 e. The highest BCUT2D eigenvalue weighted by molar-refractivity contribution is 6.98. The SMILES string of the molecule is CC1=CCC2C(=C1N(c1cc3c4c(c1)Oc1cc(-c5ccccc5)ccc1B4c1ccc(-c4ccccc4)cc1O3)c1cc(C)ccc1C)Oc1ccccc12. The molecule has 11 rings (SSSR count). The van der Waals surface area contributed by atoms with Gasteiger partial charge in [-0.2, -0.15) is 0 Å². The molecule has 0 fully saturated rings. The molecule has 1 aliphatic carbocycles. The van der Waals surface area contributed by atoms with Crippen molar-refractivity contribution in [1.29, 1.82) is 0 Å². The molecule has 4 aliphatic rings. The molecule has 0 bridgehead atoms. The van der Waals surface area contributed by atoms with Crippen LogP contribution >= 0.6 is 0 Å². The molecule has 5 heteroatoms. The molecule has 0 radical (unpaired) electrons. The van der Waals surface area contributed by atoms with Gasteiger partial charge in [0.15, 0.2) is 0 Å². The molecule has 268 valence electrons. The first kappa shape index (κ1) is 32.7. The Hall–Kier alpha value is -6.72. The number of ether oxygens (including phenoxy) is 3. The maximum absolute atomic E-state index is 7.06. The molecule has 0 N–H and O–H groups in total. The lowest BCUT2D eigenvalue weighted by Crippen LogP contribution is -2.57. The Morgan fingerprint density at radius 1 is 0.536 bits per heavy atom. The zero-order chi connectivity index (χ0) is 37.5. The Morgan fingerprint density at radius 3 is 1.79 bits per heavy atom. The van der Waals surface area contributed by atoms with E-state index in [9.17, 15) is 0 Å². The third-order valence-electron chi connectivity index (χ3n) is 11.9. The van der Waals surface area contributed by atoms with Gasteiger partial charge < -0.3 is 19.1 Å². The molecular formula is C51H38BNO3. The van der Waals surface area contributed by atoms with Gasteiger partial charge in [0.1, 0.15) is 34.5 Å². The van der Waals surface area contributed by atoms with Gasteiger partial charge in [0, 0.05) is 28.8 Å². The summed E-state index contributed by atoms with van der Waals surface area (Å²) in [5.74, 6) is 5.35. The van der Waals surface area contributed by atoms with E-state index < -0.39 is 0 Å². The molecule has 0 saturated carbocycles. The molecule has 7 aromatic rings. The van der Waals surface area contributed by atoms with Crippen molar-refractivity contribution >= 4 is 34.5 Å². The number of hydrogen-bond donors (Lipinski definition) is 0. The van der Waals surface area contributed by atoms with E-state index in [-0.39, 0.29) is 12.6 Å². The molecule has 0 aromatic heterocycles. The Morgan fingerprint density at radius 2 is 1.14 bits per heavy atom. The van der Waals surface area contributed by atoms with Crippen LogP contribution in [0.5, 0.6) is 28.7 Å². The summed E-state index contributed by atoms with van der Waals surface area (Å²) in [7, 11) is 0. The smallest absolute Gasteiger partial charge is 0.260 e. The van der Waals surface area contributed by atoms with Crippen molar-refractivity contribution in [2.45, 2.75) is 33.1 Å². The standard InChI is InChI=1S/C51H38BNO3/c1-31-18-19-32(2)43(26-31)53(50-33(3)20-23-40-39-16-10-11-17-44(39)56-51(40)50)38-29-47-49-48(30-38)55-46-28-37(35-14-8-5-9-15-35)22-25-42(46)52(49)41-24-21-36(27-45(41)54-47)34-12-6-4-7-13-34/h4-22,24-30,40H,23H2,1-3H3. The summed E-state index contributed by atoms with van der Waals surface area (Å²) < 4.78 is 20.9. The quantitative estimate of drug-likeness (QED) is 0.166. The van der Waals surface area contributed by atoms with E-state index in [0.29, 0.717) is 0 Å². The van der Waals surface area contributed by atoms with E-state index in [0.717, 1.165) is 102 Å². The van der Waals surface area contributed by atoms with Crippen LogP contribution in [0.1, 0.15) is 36.0 Å². The van der Waals surface area contributed by atoms with Crippen molar-refractivity contribution in [3.8, 4) is 51.0 Å². The summed E-state index contributed by atoms with van der Waals surface area (Å²) in [6.45, 7) is 6.48. The highest BCUT2D eigenvalue weighted by Gasteiger charge is 2.42. The summed E-state index contributed by atoms with van der Waals surface area (Å²) in [5, 5.41) is 0. The van der Waals surface area contributed by atoms with Gasteiger partial charge in [-0.25, -0.2) is 0 Å². The Balaban J connectivity index is 1.14. The molecule has 7 aromatic carbocycles. The fraction of sp³-hybridized carbons (Fsp3) is 0.0980. The first-order valence-electron chi connectivity index (χ1n) is 19.5. The summed E-state index contributed by atoms with van der Waals surface area (Å²) in [4.78, 5) is 2.38.